The Labute approximate surface area is 839 Å². The zero-order valence-corrected chi connectivity index (χ0v) is 87.0. The number of piperazine rings is 2. The Morgan fingerprint density at radius 2 is 0.836 bits per heavy atom. The predicted molar refractivity (Wildman–Crippen MR) is 572 cm³/mol. The number of nitrogens with zero attached hydrogens (tertiary/aromatic N) is 16. The topological polar surface area (TPSA) is 423 Å². The summed E-state index contributed by atoms with van der Waals surface area (Å²) in [6.45, 7) is 24.6. The number of pyridine rings is 1. The molecular formula is C96H114Cl5N25O10P4. The Bertz CT molecular complexity index is 6670. The molecule has 6 aromatic heterocycles. The number of anilines is 19. The third-order valence-electron chi connectivity index (χ3n) is 22.9. The molecule has 3 saturated heterocycles. The summed E-state index contributed by atoms with van der Waals surface area (Å²) in [7, 11) is -2.80. The molecule has 1 atom stereocenters. The summed E-state index contributed by atoms with van der Waals surface area (Å²) in [5.41, 5.74) is 9.77. The summed E-state index contributed by atoms with van der Waals surface area (Å²) in [5.74, 6) is 4.73. The van der Waals surface area contributed by atoms with E-state index >= 15 is 0 Å². The van der Waals surface area contributed by atoms with Crippen molar-refractivity contribution in [3.8, 4) is 28.5 Å². The highest BCUT2D eigenvalue weighted by atomic mass is 35.5. The van der Waals surface area contributed by atoms with Gasteiger partial charge < -0.3 is 110 Å². The predicted octanol–water partition coefficient (Wildman–Crippen LogP) is 18.6. The number of hydrogen-bond donors (Lipinski definition) is 12. The Morgan fingerprint density at radius 1 is 0.421 bits per heavy atom. The van der Waals surface area contributed by atoms with Crippen LogP contribution in [0.3, 0.4) is 0 Å². The fourth-order valence-corrected chi connectivity index (χ4v) is 19.8. The molecule has 0 radical (unpaired) electrons. The van der Waals surface area contributed by atoms with Crippen LogP contribution in [0.5, 0.6) is 17.2 Å². The van der Waals surface area contributed by atoms with Gasteiger partial charge in [0.15, 0.2) is 23.3 Å². The summed E-state index contributed by atoms with van der Waals surface area (Å²) >= 11 is 31.1. The molecule has 7 aromatic carbocycles. The van der Waals surface area contributed by atoms with Crippen LogP contribution in [0.25, 0.3) is 11.3 Å². The van der Waals surface area contributed by atoms with Crippen LogP contribution in [0.4, 0.5) is 110 Å². The fraction of sp³-hybridized carbons (Fsp3) is 0.302. The first-order valence-electron chi connectivity index (χ1n) is 44.5. The zero-order chi connectivity index (χ0) is 100. The van der Waals surface area contributed by atoms with Crippen LogP contribution in [0.1, 0.15) is 25.3 Å². The van der Waals surface area contributed by atoms with Gasteiger partial charge in [0.05, 0.1) is 115 Å². The fourth-order valence-electron chi connectivity index (χ4n) is 15.2. The van der Waals surface area contributed by atoms with Crippen molar-refractivity contribution in [3.05, 3.63) is 233 Å². The number of halogens is 5. The molecule has 738 valence electrons. The van der Waals surface area contributed by atoms with Gasteiger partial charge in [-0.05, 0) is 196 Å². The molecule has 140 heavy (non-hydrogen) atoms. The van der Waals surface area contributed by atoms with Gasteiger partial charge in [-0.25, -0.2) is 19.9 Å². The van der Waals surface area contributed by atoms with E-state index in [2.05, 4.69) is 153 Å². The molecule has 3 aliphatic rings. The third-order valence-corrected chi connectivity index (χ3v) is 30.3. The molecule has 0 amide bonds. The van der Waals surface area contributed by atoms with Gasteiger partial charge in [0, 0.05) is 146 Å². The number of hydrogen-bond acceptors (Lipinski definition) is 33. The van der Waals surface area contributed by atoms with Gasteiger partial charge in [-0.1, -0.05) is 88.9 Å². The Morgan fingerprint density at radius 3 is 1.30 bits per heavy atom. The van der Waals surface area contributed by atoms with Crippen molar-refractivity contribution in [1.82, 2.24) is 69.5 Å². The summed E-state index contributed by atoms with van der Waals surface area (Å²) in [6, 6.07) is 46.8. The summed E-state index contributed by atoms with van der Waals surface area (Å²) in [6.07, 6.45) is 16.6. The first-order chi connectivity index (χ1) is 66.8. The van der Waals surface area contributed by atoms with Crippen LogP contribution in [0.15, 0.2) is 207 Å². The number of aryl methyl sites for hydroxylation is 1. The van der Waals surface area contributed by atoms with Crippen molar-refractivity contribution in [2.45, 2.75) is 38.3 Å². The number of piperidine rings is 1. The first-order valence-corrected chi connectivity index (χ1v) is 56.0. The minimum absolute atomic E-state index is 0.140. The van der Waals surface area contributed by atoms with E-state index < -0.39 is 34.6 Å². The lowest BCUT2D eigenvalue weighted by Gasteiger charge is -2.43. The third kappa shape index (κ3) is 29.1. The highest BCUT2D eigenvalue weighted by Crippen LogP contribution is 2.45. The molecule has 12 N–H and O–H groups in total. The van der Waals surface area contributed by atoms with Crippen molar-refractivity contribution in [2.24, 2.45) is 0 Å². The molecule has 35 nitrogen and oxygen atoms in total. The normalized spacial score (nSPS) is 14.3. The summed E-state index contributed by atoms with van der Waals surface area (Å²) in [5, 5.41) is 41.7. The summed E-state index contributed by atoms with van der Waals surface area (Å²) in [4.78, 5) is 79.3. The molecule has 0 aliphatic carbocycles. The number of para-hydroxylation sites is 3. The number of nitrogens with one attached hydrogen (secondary N) is 9. The van der Waals surface area contributed by atoms with E-state index in [4.69, 9.17) is 72.2 Å². The Hall–Kier alpha value is -11.6. The number of alkyl halides is 1. The monoisotopic (exact) mass is 2080 g/mol. The highest BCUT2D eigenvalue weighted by molar-refractivity contribution is 7.71. The van der Waals surface area contributed by atoms with Crippen LogP contribution >= 0.6 is 87.0 Å². The van der Waals surface area contributed by atoms with E-state index in [9.17, 15) is 33.2 Å². The maximum absolute atomic E-state index is 12.7. The van der Waals surface area contributed by atoms with E-state index in [1.807, 2.05) is 97.9 Å². The average Bonchev–Trinajstić information content (AvgIpc) is 0.815. The average molecular weight is 2080 g/mol. The van der Waals surface area contributed by atoms with Gasteiger partial charge in [-0.15, -0.1) is 11.6 Å². The lowest BCUT2D eigenvalue weighted by molar-refractivity contribution is 0.0981. The number of aliphatic hydroxyl groups is 1. The quantitative estimate of drug-likeness (QED) is 0.0142. The molecule has 9 heterocycles. The van der Waals surface area contributed by atoms with Crippen LogP contribution in [-0.2, 0) is 18.3 Å². The van der Waals surface area contributed by atoms with Gasteiger partial charge in [0.1, 0.15) is 58.8 Å². The standard InChI is InChI=1S/C27H35ClN7O4P.C23H28Cl2N5O2P.C23H29ClN7O2P.C23H22ClN6O2P/c1-33-11-9-19(10-12-33)34-13-15-35(16-14-34)20-7-8-22(24(17-20)39-2)31-27-29-18-21(28)26(32-27)30-23-5-3-4-6-25(23)40(36,37)38;1-15-11-16(27-14-23(2,31)13-24)9-10-18(15)29-22-26-12-17(25)21(30-22)28-19-7-5-6-8-20(19)33(3,4)32;1-30-9-11-31(12-10-30)16-5-6-18(20(13-16)33-2)28-23-26-14-17(24)22(29-23)27-19-15-25-8-7-21(19)34(3,4)32;1-32-21-12-15(33(2,3)31)8-9-19(21)29-23-27-13-17(24)22(30-23)28-18-7-5-4-6-16(18)20-14-25-10-11-26-20/h3-8,17-19H,9-16H2,1-2H3,(H2,36,37,38)(H2,29,30,31,32);5-12,27,31H,13-14H2,1-4H3,(H2,26,28,29,30);5-8,13-15H,9-12H2,1-4H3,(H2,26,27,28,29);4-14H,1-3H3,(H2,27,28,29,30). The van der Waals surface area contributed by atoms with Crippen LogP contribution in [0.2, 0.25) is 20.1 Å². The Balaban J connectivity index is 0.000000158. The van der Waals surface area contributed by atoms with Crippen molar-refractivity contribution >= 4 is 218 Å². The molecule has 0 bridgehead atoms. The number of benzene rings is 7. The Kier molecular flexibility index (Phi) is 36.1. The van der Waals surface area contributed by atoms with Crippen molar-refractivity contribution in [3.63, 3.8) is 0 Å². The number of methoxy groups -OCH3 is 3. The van der Waals surface area contributed by atoms with Gasteiger partial charge >= 0.3 is 7.60 Å². The number of aromatic nitrogens is 11. The number of likely N-dealkylation sites (N-methyl/N-ethyl adjacent to an activating group) is 1. The minimum Gasteiger partial charge on any atom is -0.495 e. The number of rotatable bonds is 31. The second-order valence-electron chi connectivity index (χ2n) is 34.7. The van der Waals surface area contributed by atoms with Gasteiger partial charge in [0.2, 0.25) is 23.8 Å². The van der Waals surface area contributed by atoms with Crippen LogP contribution in [0, 0.1) is 6.92 Å². The molecule has 3 fully saturated rings. The van der Waals surface area contributed by atoms with Crippen LogP contribution in [-0.4, -0.2) is 249 Å². The molecule has 16 rings (SSSR count). The van der Waals surface area contributed by atoms with Gasteiger partial charge in [-0.3, -0.25) is 24.4 Å². The molecule has 0 spiro atoms. The SMILES string of the molecule is COc1cc(N2CCN(C)CC2)ccc1Nc1ncc(Cl)c(Nc2cnccc2P(C)(C)=O)n1.COc1cc(N2CCN(C3CCN(C)CC3)CC2)ccc1Nc1ncc(Cl)c(Nc2ccccc2P(=O)(O)O)n1.COc1cc(P(C)(C)=O)ccc1Nc1ncc(Cl)c(Nc2ccccc2-c2cnccn2)n1.Cc1cc(NCC(C)(O)CCl)ccc1Nc1ncc(Cl)c(Nc2ccccc2P(C)(C)=O)n1. The molecule has 44 heteroatoms. The van der Waals surface area contributed by atoms with Gasteiger partial charge in [0.25, 0.3) is 0 Å². The van der Waals surface area contributed by atoms with Crippen LogP contribution < -0.4 is 93.1 Å². The smallest absolute Gasteiger partial charge is 0.358 e. The lowest BCUT2D eigenvalue weighted by atomic mass is 10.0. The second-order valence-corrected chi connectivity index (χ2v) is 47.8. The maximum Gasteiger partial charge on any atom is 0.358 e. The molecular weight excluding hydrogens is 1960 g/mol. The van der Waals surface area contributed by atoms with Crippen molar-refractivity contribution < 1.29 is 47.4 Å². The minimum atomic E-state index is -4.50. The van der Waals surface area contributed by atoms with E-state index in [0.717, 1.165) is 114 Å². The second kappa shape index (κ2) is 47.8. The maximum atomic E-state index is 12.7. The first kappa shape index (κ1) is 106. The van der Waals surface area contributed by atoms with Gasteiger partial charge in [-0.2, -0.15) is 19.9 Å². The number of ether oxygens (including phenoxy) is 3. The molecule has 1 unspecified atom stereocenters. The zero-order valence-electron chi connectivity index (χ0n) is 79.6. The lowest BCUT2D eigenvalue weighted by Crippen LogP contribution is -2.53. The molecule has 0 saturated carbocycles. The van der Waals surface area contributed by atoms with E-state index in [0.29, 0.717) is 108 Å². The largest absolute Gasteiger partial charge is 0.495 e. The van der Waals surface area contributed by atoms with E-state index in [-0.39, 0.29) is 33.7 Å². The highest BCUT2D eigenvalue weighted by Gasteiger charge is 2.30. The van der Waals surface area contributed by atoms with E-state index in [1.54, 1.807) is 142 Å². The van der Waals surface area contributed by atoms with Crippen molar-refractivity contribution in [2.75, 3.05) is 211 Å². The molecule has 3 aliphatic heterocycles. The van der Waals surface area contributed by atoms with E-state index in [1.165, 1.54) is 56.8 Å². The summed E-state index contributed by atoms with van der Waals surface area (Å²) < 4.78 is 66.5. The number of likely N-dealkylation sites (tertiary alicyclic amines) is 1. The molecule has 13 aromatic rings. The van der Waals surface area contributed by atoms with Crippen molar-refractivity contribution in [1.29, 1.82) is 0 Å².